The number of amides is 4. The lowest BCUT2D eigenvalue weighted by molar-refractivity contribution is -0.122. The summed E-state index contributed by atoms with van der Waals surface area (Å²) in [5.41, 5.74) is 2.89. The Balaban J connectivity index is 0.000000483. The summed E-state index contributed by atoms with van der Waals surface area (Å²) in [5.74, 6) is 1.17. The molecule has 71 heavy (non-hydrogen) atoms. The van der Waals surface area contributed by atoms with E-state index in [0.29, 0.717) is 36.3 Å². The van der Waals surface area contributed by atoms with Gasteiger partial charge < -0.3 is 51.8 Å². The average molecular weight is 1030 g/mol. The Bertz CT molecular complexity index is 1890. The lowest BCUT2D eigenvalue weighted by Gasteiger charge is -2.34. The maximum absolute atomic E-state index is 12.5. The zero-order valence-corrected chi connectivity index (χ0v) is 45.9. The first kappa shape index (κ1) is 62.6. The van der Waals surface area contributed by atoms with Crippen molar-refractivity contribution in [2.75, 3.05) is 112 Å². The maximum Gasteiger partial charge on any atom is 0.540 e. The molecule has 6 unspecified atom stereocenters. The molecule has 0 bridgehead atoms. The molecule has 4 N–H and O–H groups in total. The minimum Gasteiger partial charge on any atom is -0.447 e. The molecular formula is C46H82N8O16Si. The highest BCUT2D eigenvalue weighted by atomic mass is 28.4. The number of isocyanates is 1. The third kappa shape index (κ3) is 19.1. The standard InChI is InChI=1S/C26H44N4O11Si.C12H21N3O4.C8H17NO/c1-17(2)26(5)30(6)13-21(41-26)15-37-23(31)28-22-12-20(11-10-18(22)3)27-24(32)40-19(4)14-39-29-25(33)38-16-42(34-7,35-8)36-9;1-9(2)12(3)15(4)5-10(19-12)6-18-11(17)14-7-13-8-16;1-7(2)8(3)9(4)5-6-10-8/h10-12,17,19,21H,13-16H2,1-9H3,(H,27,32)(H,28,31)(H,29,33);9-10H,5-7H2,1-4H3,(H,14,17);7H,5-6H2,1-4H3. The summed E-state index contributed by atoms with van der Waals surface area (Å²) in [6, 6.07) is 4.96. The van der Waals surface area contributed by atoms with Gasteiger partial charge in [0.05, 0.1) is 6.61 Å². The number of aryl methyl sites for hydroxylation is 1. The average Bonchev–Trinajstić information content (AvgIpc) is 3.94. The van der Waals surface area contributed by atoms with Crippen LogP contribution in [0, 0.1) is 24.7 Å². The first-order valence-corrected chi connectivity index (χ1v) is 25.5. The zero-order chi connectivity index (χ0) is 53.7. The number of hydrogen-bond donors (Lipinski definition) is 4. The Morgan fingerprint density at radius 3 is 1.75 bits per heavy atom. The lowest BCUT2D eigenvalue weighted by atomic mass is 10.0. The number of hydrogen-bond acceptors (Lipinski definition) is 20. The molecule has 25 heteroatoms. The molecule has 4 rings (SSSR count). The van der Waals surface area contributed by atoms with Crippen molar-refractivity contribution in [1.82, 2.24) is 25.5 Å². The van der Waals surface area contributed by atoms with Crippen LogP contribution in [-0.4, -0.2) is 191 Å². The van der Waals surface area contributed by atoms with Gasteiger partial charge in [-0.3, -0.25) is 30.2 Å². The fourth-order valence-electron chi connectivity index (χ4n) is 7.26. The van der Waals surface area contributed by atoms with Gasteiger partial charge in [-0.2, -0.15) is 10.5 Å². The van der Waals surface area contributed by atoms with Gasteiger partial charge in [-0.05, 0) is 91.2 Å². The number of benzene rings is 1. The number of nitrogens with zero attached hydrogens (tertiary/aromatic N) is 4. The third-order valence-electron chi connectivity index (χ3n) is 13.1. The van der Waals surface area contributed by atoms with Crippen LogP contribution in [0.4, 0.5) is 30.6 Å². The highest BCUT2D eigenvalue weighted by Crippen LogP contribution is 2.34. The number of hydroxylamine groups is 1. The number of ether oxygens (including phenoxy) is 7. The molecule has 0 radical (unpaired) electrons. The van der Waals surface area contributed by atoms with Crippen LogP contribution < -0.4 is 21.4 Å². The van der Waals surface area contributed by atoms with E-state index in [1.807, 2.05) is 27.9 Å². The minimum atomic E-state index is -3.09. The van der Waals surface area contributed by atoms with Crippen molar-refractivity contribution in [3.8, 4) is 0 Å². The largest absolute Gasteiger partial charge is 0.540 e. The number of carbonyl (C=O) groups excluding carboxylic acids is 5. The smallest absolute Gasteiger partial charge is 0.447 e. The molecule has 3 saturated heterocycles. The van der Waals surface area contributed by atoms with E-state index in [2.05, 4.69) is 96.6 Å². The highest BCUT2D eigenvalue weighted by Gasteiger charge is 2.45. The van der Waals surface area contributed by atoms with E-state index in [4.69, 9.17) is 51.3 Å². The molecule has 0 spiro atoms. The molecule has 24 nitrogen and oxygen atoms in total. The van der Waals surface area contributed by atoms with Crippen LogP contribution in [-0.2, 0) is 56.1 Å². The van der Waals surface area contributed by atoms with Crippen LogP contribution in [0.3, 0.4) is 0 Å². The van der Waals surface area contributed by atoms with Gasteiger partial charge in [0.2, 0.25) is 6.08 Å². The lowest BCUT2D eigenvalue weighted by Crippen LogP contribution is -2.49. The first-order valence-electron chi connectivity index (χ1n) is 23.5. The van der Waals surface area contributed by atoms with Gasteiger partial charge in [0.15, 0.2) is 6.23 Å². The molecule has 406 valence electrons. The van der Waals surface area contributed by atoms with Crippen LogP contribution in [0.5, 0.6) is 0 Å². The molecule has 0 saturated carbocycles. The van der Waals surface area contributed by atoms with Crippen LogP contribution >= 0.6 is 0 Å². The Kier molecular flexibility index (Phi) is 25.8. The molecule has 1 aromatic carbocycles. The highest BCUT2D eigenvalue weighted by molar-refractivity contribution is 6.60. The summed E-state index contributed by atoms with van der Waals surface area (Å²) < 4.78 is 53.8. The second-order valence-electron chi connectivity index (χ2n) is 18.7. The SMILES string of the molecule is CC(C)C1(C)OC(COC(=O)NCN=C=O)CN1C.CC(C)C1(C)OCCN1C.CO[Si](COC(=O)NOCC(C)OC(=O)Nc1ccc(C)c(NC(=O)OCC2CN(C)C(C)(C(C)C)O2)c1)(OC)OC. The van der Waals surface area contributed by atoms with Gasteiger partial charge in [0.25, 0.3) is 0 Å². The molecule has 3 aliphatic rings. The van der Waals surface area contributed by atoms with E-state index >= 15 is 0 Å². The molecule has 4 amide bonds. The molecule has 0 aromatic heterocycles. The Hall–Kier alpha value is -4.50. The summed E-state index contributed by atoms with van der Waals surface area (Å²) in [7, 11) is 7.15. The van der Waals surface area contributed by atoms with Gasteiger partial charge in [-0.25, -0.2) is 24.0 Å². The van der Waals surface area contributed by atoms with Crippen molar-refractivity contribution in [2.24, 2.45) is 22.7 Å². The van der Waals surface area contributed by atoms with Crippen molar-refractivity contribution in [3.05, 3.63) is 23.8 Å². The van der Waals surface area contributed by atoms with Gasteiger partial charge in [-0.1, -0.05) is 47.6 Å². The van der Waals surface area contributed by atoms with Gasteiger partial charge >= 0.3 is 33.2 Å². The second kappa shape index (κ2) is 29.3. The molecule has 0 aliphatic carbocycles. The van der Waals surface area contributed by atoms with Gasteiger partial charge in [0.1, 0.15) is 62.0 Å². The molecule has 3 heterocycles. The van der Waals surface area contributed by atoms with Crippen molar-refractivity contribution in [3.63, 3.8) is 0 Å². The maximum atomic E-state index is 12.5. The fourth-order valence-corrected chi connectivity index (χ4v) is 8.42. The molecule has 3 fully saturated rings. The molecule has 1 aromatic rings. The zero-order valence-electron chi connectivity index (χ0n) is 44.9. The molecular weight excluding hydrogens is 949 g/mol. The van der Waals surface area contributed by atoms with Crippen molar-refractivity contribution >= 4 is 50.6 Å². The number of aliphatic imine (C=N–C) groups is 1. The normalized spacial score (nSPS) is 23.9. The summed E-state index contributed by atoms with van der Waals surface area (Å²) >= 11 is 0. The quantitative estimate of drug-likeness (QED) is 0.0425. The van der Waals surface area contributed by atoms with Gasteiger partial charge in [-0.15, -0.1) is 0 Å². The van der Waals surface area contributed by atoms with E-state index < -0.39 is 45.0 Å². The predicted molar refractivity (Wildman–Crippen MR) is 264 cm³/mol. The third-order valence-corrected chi connectivity index (χ3v) is 15.4. The fraction of sp³-hybridized carbons (Fsp3) is 0.761. The first-order chi connectivity index (χ1) is 33.2. The van der Waals surface area contributed by atoms with Crippen LogP contribution in [0.15, 0.2) is 23.2 Å². The predicted octanol–water partition coefficient (Wildman–Crippen LogP) is 5.29. The van der Waals surface area contributed by atoms with E-state index in [-0.39, 0.29) is 62.3 Å². The van der Waals surface area contributed by atoms with E-state index in [1.165, 1.54) is 27.4 Å². The van der Waals surface area contributed by atoms with Crippen LogP contribution in [0.25, 0.3) is 0 Å². The Morgan fingerprint density at radius 1 is 0.761 bits per heavy atom. The van der Waals surface area contributed by atoms with Crippen molar-refractivity contribution in [1.29, 1.82) is 0 Å². The molecule has 6 atom stereocenters. The van der Waals surface area contributed by atoms with Crippen molar-refractivity contribution < 1.29 is 75.2 Å². The van der Waals surface area contributed by atoms with Crippen LogP contribution in [0.1, 0.15) is 74.8 Å². The monoisotopic (exact) mass is 1030 g/mol. The number of rotatable bonds is 20. The Morgan fingerprint density at radius 2 is 1.30 bits per heavy atom. The summed E-state index contributed by atoms with van der Waals surface area (Å²) in [6.07, 6.45) is -2.96. The number of nitrogens with one attached hydrogen (secondary N) is 4. The summed E-state index contributed by atoms with van der Waals surface area (Å²) in [5, 5.41) is 7.59. The topological polar surface area (TPSA) is 257 Å². The van der Waals surface area contributed by atoms with E-state index in [9.17, 15) is 24.0 Å². The number of likely N-dealkylation sites (N-methyl/N-ethyl adjacent to an activating group) is 3. The van der Waals surface area contributed by atoms with Crippen LogP contribution in [0.2, 0.25) is 0 Å². The van der Waals surface area contributed by atoms with E-state index in [0.717, 1.165) is 18.7 Å². The van der Waals surface area contributed by atoms with Crippen molar-refractivity contribution in [2.45, 2.75) is 112 Å². The second-order valence-corrected chi connectivity index (χ2v) is 21.6. The minimum absolute atomic E-state index is 0.0139. The molecule has 3 aliphatic heterocycles. The number of alkyl carbamates (subject to hydrolysis) is 1. The summed E-state index contributed by atoms with van der Waals surface area (Å²) in [6.45, 7) is 25.6. The van der Waals surface area contributed by atoms with Gasteiger partial charge in [0, 0.05) is 52.3 Å². The summed E-state index contributed by atoms with van der Waals surface area (Å²) in [4.78, 5) is 72.5. The Labute approximate surface area is 420 Å². The number of carbonyl (C=O) groups is 4. The number of anilines is 2. The van der Waals surface area contributed by atoms with E-state index in [1.54, 1.807) is 32.0 Å².